The minimum Gasteiger partial charge on any atom is -0.354 e. The van der Waals surface area contributed by atoms with Crippen LogP contribution in [-0.2, 0) is 5.67 Å². The van der Waals surface area contributed by atoms with Crippen molar-refractivity contribution in [3.63, 3.8) is 0 Å². The number of carbonyl (C=O) groups is 2. The van der Waals surface area contributed by atoms with Gasteiger partial charge in [0.15, 0.2) is 0 Å². The minimum absolute atomic E-state index is 0.186. The molecule has 0 aliphatic carbocycles. The Morgan fingerprint density at radius 3 is 2.44 bits per heavy atom. The van der Waals surface area contributed by atoms with Gasteiger partial charge in [-0.05, 0) is 74.4 Å². The first-order chi connectivity index (χ1) is 17.2. The van der Waals surface area contributed by atoms with E-state index >= 15 is 0 Å². The molecule has 3 aromatic heterocycles. The molecule has 8 nitrogen and oxygen atoms in total. The Morgan fingerprint density at radius 1 is 0.917 bits per heavy atom. The van der Waals surface area contributed by atoms with Gasteiger partial charge in [-0.25, -0.2) is 4.39 Å². The Labute approximate surface area is 208 Å². The summed E-state index contributed by atoms with van der Waals surface area (Å²) in [6.07, 6.45) is 4.60. The number of benzene rings is 1. The van der Waals surface area contributed by atoms with E-state index in [1.54, 1.807) is 43.7 Å². The van der Waals surface area contributed by atoms with Crippen molar-refractivity contribution in [1.82, 2.24) is 25.5 Å². The van der Waals surface area contributed by atoms with Gasteiger partial charge >= 0.3 is 0 Å². The van der Waals surface area contributed by atoms with Gasteiger partial charge in [-0.3, -0.25) is 19.6 Å². The Kier molecular flexibility index (Phi) is 6.82. The molecule has 0 spiro atoms. The highest BCUT2D eigenvalue weighted by molar-refractivity contribution is 6.04. The van der Waals surface area contributed by atoms with Crippen molar-refractivity contribution in [3.8, 4) is 22.4 Å². The van der Waals surface area contributed by atoms with E-state index in [0.717, 1.165) is 16.7 Å². The minimum atomic E-state index is -1.66. The molecule has 0 aliphatic rings. The SMILES string of the molecule is CNC(=O)c1cc(-c2cc(-c3cc(NC(=O)c4ccnc(C(C)(C)F)c4)ccc3C)cnn2)ccn1. The molecule has 0 aliphatic heterocycles. The van der Waals surface area contributed by atoms with E-state index in [0.29, 0.717) is 22.5 Å². The Balaban J connectivity index is 1.63. The number of nitrogens with one attached hydrogen (secondary N) is 2. The lowest BCUT2D eigenvalue weighted by Gasteiger charge is -2.14. The Hall–Kier alpha value is -4.53. The predicted octanol–water partition coefficient (Wildman–Crippen LogP) is 4.73. The first-order valence-electron chi connectivity index (χ1n) is 11.2. The average molecular weight is 485 g/mol. The highest BCUT2D eigenvalue weighted by Crippen LogP contribution is 2.29. The van der Waals surface area contributed by atoms with Crippen molar-refractivity contribution >= 4 is 17.5 Å². The highest BCUT2D eigenvalue weighted by Gasteiger charge is 2.22. The fraction of sp³-hybridized carbons (Fsp3) is 0.185. The summed E-state index contributed by atoms with van der Waals surface area (Å²) in [5.74, 6) is -0.665. The molecule has 0 unspecified atom stereocenters. The van der Waals surface area contributed by atoms with Crippen LogP contribution < -0.4 is 10.6 Å². The molecule has 2 N–H and O–H groups in total. The molecule has 0 bridgehead atoms. The quantitative estimate of drug-likeness (QED) is 0.410. The van der Waals surface area contributed by atoms with E-state index in [9.17, 15) is 14.0 Å². The molecule has 0 saturated heterocycles. The number of rotatable bonds is 6. The number of alkyl halides is 1. The van der Waals surface area contributed by atoms with Gasteiger partial charge in [-0.15, -0.1) is 0 Å². The number of pyridine rings is 2. The normalized spacial score (nSPS) is 11.1. The summed E-state index contributed by atoms with van der Waals surface area (Å²) in [4.78, 5) is 32.9. The smallest absolute Gasteiger partial charge is 0.269 e. The standard InChI is InChI=1S/C27H25FN6O2/c1-16-5-6-20(33-25(35)18-8-10-31-24(13-18)27(2,3)28)14-21(16)19-12-22(34-32-15-19)17-7-9-30-23(11-17)26(36)29-4/h5-15H,1-4H3,(H,29,36)(H,33,35). The van der Waals surface area contributed by atoms with E-state index in [1.807, 2.05) is 25.1 Å². The van der Waals surface area contributed by atoms with Crippen LogP contribution in [0.15, 0.2) is 67.1 Å². The van der Waals surface area contributed by atoms with Gasteiger partial charge in [0.25, 0.3) is 11.8 Å². The number of aromatic nitrogens is 4. The molecule has 0 radical (unpaired) electrons. The largest absolute Gasteiger partial charge is 0.354 e. The second-order valence-electron chi connectivity index (χ2n) is 8.72. The van der Waals surface area contributed by atoms with Gasteiger partial charge in [-0.1, -0.05) is 6.07 Å². The number of halogens is 1. The van der Waals surface area contributed by atoms with Crippen molar-refractivity contribution < 1.29 is 14.0 Å². The highest BCUT2D eigenvalue weighted by atomic mass is 19.1. The average Bonchev–Trinajstić information content (AvgIpc) is 2.89. The summed E-state index contributed by atoms with van der Waals surface area (Å²) in [6, 6.07) is 13.8. The Morgan fingerprint density at radius 2 is 1.69 bits per heavy atom. The van der Waals surface area contributed by atoms with Crippen LogP contribution in [0.5, 0.6) is 0 Å². The zero-order chi connectivity index (χ0) is 25.9. The molecule has 1 aromatic carbocycles. The molecule has 36 heavy (non-hydrogen) atoms. The number of anilines is 1. The number of aryl methyl sites for hydroxylation is 1. The molecule has 9 heteroatoms. The van der Waals surface area contributed by atoms with E-state index < -0.39 is 5.67 Å². The molecule has 4 aromatic rings. The summed E-state index contributed by atoms with van der Waals surface area (Å²) < 4.78 is 14.3. The number of carbonyl (C=O) groups excluding carboxylic acids is 2. The lowest BCUT2D eigenvalue weighted by atomic mass is 9.99. The number of hydrogen-bond donors (Lipinski definition) is 2. The first kappa shape index (κ1) is 24.6. The van der Waals surface area contributed by atoms with Crippen molar-refractivity contribution in [1.29, 1.82) is 0 Å². The number of hydrogen-bond acceptors (Lipinski definition) is 6. The maximum atomic E-state index is 14.3. The maximum Gasteiger partial charge on any atom is 0.269 e. The summed E-state index contributed by atoms with van der Waals surface area (Å²) in [7, 11) is 1.54. The van der Waals surface area contributed by atoms with Gasteiger partial charge in [0.1, 0.15) is 11.4 Å². The maximum absolute atomic E-state index is 14.3. The summed E-state index contributed by atoms with van der Waals surface area (Å²) >= 11 is 0. The lowest BCUT2D eigenvalue weighted by Crippen LogP contribution is -2.19. The predicted molar refractivity (Wildman–Crippen MR) is 135 cm³/mol. The van der Waals surface area contributed by atoms with E-state index in [2.05, 4.69) is 30.8 Å². The summed E-state index contributed by atoms with van der Waals surface area (Å²) in [5.41, 5.74) is 3.57. The molecule has 0 saturated carbocycles. The van der Waals surface area contributed by atoms with Crippen LogP contribution in [0.3, 0.4) is 0 Å². The summed E-state index contributed by atoms with van der Waals surface area (Å²) in [6.45, 7) is 4.74. The van der Waals surface area contributed by atoms with Crippen LogP contribution >= 0.6 is 0 Å². The van der Waals surface area contributed by atoms with Crippen LogP contribution in [0.2, 0.25) is 0 Å². The third-order valence-electron chi connectivity index (χ3n) is 5.61. The fourth-order valence-electron chi connectivity index (χ4n) is 3.61. The zero-order valence-corrected chi connectivity index (χ0v) is 20.3. The van der Waals surface area contributed by atoms with E-state index in [1.165, 1.54) is 26.1 Å². The lowest BCUT2D eigenvalue weighted by molar-refractivity contribution is 0.0957. The molecule has 0 atom stereocenters. The number of amides is 2. The van der Waals surface area contributed by atoms with Crippen LogP contribution in [0.1, 0.15) is 46.0 Å². The molecular weight excluding hydrogens is 459 g/mol. The molecular formula is C27H25FN6O2. The van der Waals surface area contributed by atoms with Gasteiger partial charge in [0.05, 0.1) is 17.6 Å². The second kappa shape index (κ2) is 9.99. The van der Waals surface area contributed by atoms with Crippen LogP contribution in [0.4, 0.5) is 10.1 Å². The van der Waals surface area contributed by atoms with Gasteiger partial charge in [-0.2, -0.15) is 10.2 Å². The van der Waals surface area contributed by atoms with E-state index in [4.69, 9.17) is 0 Å². The molecule has 3 heterocycles. The Bertz CT molecular complexity index is 1450. The zero-order valence-electron chi connectivity index (χ0n) is 20.3. The van der Waals surface area contributed by atoms with Gasteiger partial charge in [0.2, 0.25) is 0 Å². The second-order valence-corrected chi connectivity index (χ2v) is 8.72. The third kappa shape index (κ3) is 5.41. The van der Waals surface area contributed by atoms with Crippen LogP contribution in [-0.4, -0.2) is 39.0 Å². The third-order valence-corrected chi connectivity index (χ3v) is 5.61. The molecule has 2 amide bonds. The van der Waals surface area contributed by atoms with Gasteiger partial charge in [0, 0.05) is 41.8 Å². The molecule has 4 rings (SSSR count). The fourth-order valence-corrected chi connectivity index (χ4v) is 3.61. The topological polar surface area (TPSA) is 110 Å². The van der Waals surface area contributed by atoms with Crippen molar-refractivity contribution in [2.45, 2.75) is 26.4 Å². The van der Waals surface area contributed by atoms with Crippen molar-refractivity contribution in [2.75, 3.05) is 12.4 Å². The molecule has 182 valence electrons. The van der Waals surface area contributed by atoms with Crippen molar-refractivity contribution in [3.05, 3.63) is 89.6 Å². The first-order valence-corrected chi connectivity index (χ1v) is 11.2. The van der Waals surface area contributed by atoms with Gasteiger partial charge < -0.3 is 10.6 Å². The van der Waals surface area contributed by atoms with Crippen molar-refractivity contribution in [2.24, 2.45) is 0 Å². The molecule has 0 fully saturated rings. The van der Waals surface area contributed by atoms with Crippen LogP contribution in [0.25, 0.3) is 22.4 Å². The van der Waals surface area contributed by atoms with Crippen LogP contribution in [0, 0.1) is 6.92 Å². The van der Waals surface area contributed by atoms with E-state index in [-0.39, 0.29) is 23.2 Å². The monoisotopic (exact) mass is 484 g/mol. The summed E-state index contributed by atoms with van der Waals surface area (Å²) in [5, 5.41) is 13.8. The number of nitrogens with zero attached hydrogens (tertiary/aromatic N) is 4.